The van der Waals surface area contributed by atoms with Gasteiger partial charge in [0.15, 0.2) is 0 Å². The molecule has 1 aliphatic carbocycles. The molecule has 1 amide bonds. The van der Waals surface area contributed by atoms with Gasteiger partial charge in [0.05, 0.1) is 6.61 Å². The Hall–Kier alpha value is -1.13. The summed E-state index contributed by atoms with van der Waals surface area (Å²) in [7, 11) is 0. The number of halogens is 1. The minimum Gasteiger partial charge on any atom is -0.395 e. The van der Waals surface area contributed by atoms with Crippen molar-refractivity contribution < 1.29 is 9.90 Å². The molecule has 1 fully saturated rings. The zero-order chi connectivity index (χ0) is 13.7. The molecule has 1 N–H and O–H groups in total. The van der Waals surface area contributed by atoms with Crippen molar-refractivity contribution in [1.29, 1.82) is 0 Å². The number of aliphatic hydroxyl groups is 1. The van der Waals surface area contributed by atoms with Gasteiger partial charge in [-0.2, -0.15) is 0 Å². The van der Waals surface area contributed by atoms with Gasteiger partial charge in [0, 0.05) is 23.1 Å². The third-order valence-electron chi connectivity index (χ3n) is 3.41. The minimum absolute atomic E-state index is 0.0151. The van der Waals surface area contributed by atoms with Crippen LogP contribution >= 0.6 is 15.9 Å². The molecule has 0 bridgehead atoms. The van der Waals surface area contributed by atoms with Crippen molar-refractivity contribution in [3.63, 3.8) is 0 Å². The summed E-state index contributed by atoms with van der Waals surface area (Å²) >= 11 is 3.40. The molecule has 0 atom stereocenters. The monoisotopic (exact) mass is 323 g/mol. The molecule has 0 saturated heterocycles. The minimum atomic E-state index is -0.0151. The Kier molecular flexibility index (Phi) is 5.16. The zero-order valence-electron chi connectivity index (χ0n) is 10.8. The van der Waals surface area contributed by atoms with Crippen molar-refractivity contribution in [3.8, 4) is 0 Å². The van der Waals surface area contributed by atoms with Gasteiger partial charge in [0.2, 0.25) is 5.91 Å². The number of aliphatic hydroxyl groups excluding tert-OH is 1. The standard InChI is InChI=1S/C15H18BrNO2/c16-13-4-1-3-12(11-13)7-8-15(19)17(9-10-18)14-5-2-6-14/h1,3-4,7-8,11,14,18H,2,5-6,9-10H2/b8-7+. The average Bonchev–Trinajstić information content (AvgIpc) is 2.33. The highest BCUT2D eigenvalue weighted by Gasteiger charge is 2.26. The fourth-order valence-corrected chi connectivity index (χ4v) is 2.57. The van der Waals surface area contributed by atoms with Gasteiger partial charge in [-0.1, -0.05) is 28.1 Å². The molecule has 0 spiro atoms. The summed E-state index contributed by atoms with van der Waals surface area (Å²) in [6.07, 6.45) is 6.69. The lowest BCUT2D eigenvalue weighted by Crippen LogP contribution is -2.44. The van der Waals surface area contributed by atoms with Crippen LogP contribution in [-0.4, -0.2) is 35.1 Å². The van der Waals surface area contributed by atoms with E-state index in [0.29, 0.717) is 12.6 Å². The van der Waals surface area contributed by atoms with Crippen molar-refractivity contribution in [2.24, 2.45) is 0 Å². The van der Waals surface area contributed by atoms with Crippen LogP contribution in [0, 0.1) is 0 Å². The molecule has 0 aliphatic heterocycles. The van der Waals surface area contributed by atoms with Crippen molar-refractivity contribution in [1.82, 2.24) is 4.90 Å². The molecule has 3 nitrogen and oxygen atoms in total. The Labute approximate surface area is 122 Å². The van der Waals surface area contributed by atoms with Crippen molar-refractivity contribution >= 4 is 27.9 Å². The Balaban J connectivity index is 2.01. The van der Waals surface area contributed by atoms with Crippen molar-refractivity contribution in [2.75, 3.05) is 13.2 Å². The molecular formula is C15H18BrNO2. The molecule has 2 rings (SSSR count). The van der Waals surface area contributed by atoms with E-state index in [9.17, 15) is 4.79 Å². The van der Waals surface area contributed by atoms with Crippen molar-refractivity contribution in [2.45, 2.75) is 25.3 Å². The first kappa shape index (κ1) is 14.3. The van der Waals surface area contributed by atoms with E-state index in [1.165, 1.54) is 6.42 Å². The highest BCUT2D eigenvalue weighted by atomic mass is 79.9. The molecule has 102 valence electrons. The summed E-state index contributed by atoms with van der Waals surface area (Å²) in [4.78, 5) is 13.9. The van der Waals surface area contributed by atoms with Gasteiger partial charge in [-0.05, 0) is 43.0 Å². The second-order valence-electron chi connectivity index (χ2n) is 4.73. The number of benzene rings is 1. The first-order valence-corrected chi connectivity index (χ1v) is 7.35. The smallest absolute Gasteiger partial charge is 0.246 e. The fourth-order valence-electron chi connectivity index (χ4n) is 2.15. The summed E-state index contributed by atoms with van der Waals surface area (Å²) < 4.78 is 0.994. The maximum Gasteiger partial charge on any atom is 0.246 e. The van der Waals surface area contributed by atoms with E-state index in [0.717, 1.165) is 22.9 Å². The fraction of sp³-hybridized carbons (Fsp3) is 0.400. The molecule has 4 heteroatoms. The molecule has 1 saturated carbocycles. The van der Waals surface area contributed by atoms with Gasteiger partial charge in [0.1, 0.15) is 0 Å². The Morgan fingerprint density at radius 1 is 1.47 bits per heavy atom. The second kappa shape index (κ2) is 6.87. The van der Waals surface area contributed by atoms with E-state index < -0.39 is 0 Å². The molecule has 1 aliphatic rings. The average molecular weight is 324 g/mol. The molecule has 1 aromatic rings. The highest BCUT2D eigenvalue weighted by molar-refractivity contribution is 9.10. The maximum atomic E-state index is 12.1. The van der Waals surface area contributed by atoms with Gasteiger partial charge >= 0.3 is 0 Å². The normalized spacial score (nSPS) is 15.5. The Morgan fingerprint density at radius 2 is 2.26 bits per heavy atom. The van der Waals surface area contributed by atoms with E-state index >= 15 is 0 Å². The predicted molar refractivity (Wildman–Crippen MR) is 79.6 cm³/mol. The third-order valence-corrected chi connectivity index (χ3v) is 3.90. The van der Waals surface area contributed by atoms with Gasteiger partial charge < -0.3 is 10.0 Å². The summed E-state index contributed by atoms with van der Waals surface area (Å²) in [5, 5.41) is 9.05. The van der Waals surface area contributed by atoms with E-state index in [-0.39, 0.29) is 12.5 Å². The molecule has 0 heterocycles. The van der Waals surface area contributed by atoms with E-state index in [2.05, 4.69) is 15.9 Å². The molecule has 0 aromatic heterocycles. The number of carbonyl (C=O) groups excluding carboxylic acids is 1. The number of carbonyl (C=O) groups is 1. The lowest BCUT2D eigenvalue weighted by molar-refractivity contribution is -0.130. The summed E-state index contributed by atoms with van der Waals surface area (Å²) in [6.45, 7) is 0.444. The molecule has 1 aromatic carbocycles. The number of nitrogens with zero attached hydrogens (tertiary/aromatic N) is 1. The molecule has 0 radical (unpaired) electrons. The first-order valence-electron chi connectivity index (χ1n) is 6.56. The van der Waals surface area contributed by atoms with Crippen LogP contribution in [0.1, 0.15) is 24.8 Å². The maximum absolute atomic E-state index is 12.1. The third kappa shape index (κ3) is 3.91. The summed E-state index contributed by atoms with van der Waals surface area (Å²) in [5.41, 5.74) is 0.986. The van der Waals surface area contributed by atoms with Crippen LogP contribution in [-0.2, 0) is 4.79 Å². The zero-order valence-corrected chi connectivity index (χ0v) is 12.3. The highest BCUT2D eigenvalue weighted by Crippen LogP contribution is 2.25. The van der Waals surface area contributed by atoms with Crippen molar-refractivity contribution in [3.05, 3.63) is 40.4 Å². The largest absolute Gasteiger partial charge is 0.395 e. The van der Waals surface area contributed by atoms with E-state index in [1.807, 2.05) is 30.3 Å². The topological polar surface area (TPSA) is 40.5 Å². The lowest BCUT2D eigenvalue weighted by atomic mass is 9.91. The Bertz CT molecular complexity index is 469. The van der Waals surface area contributed by atoms with Gasteiger partial charge in [-0.25, -0.2) is 0 Å². The van der Waals surface area contributed by atoms with E-state index in [4.69, 9.17) is 5.11 Å². The van der Waals surface area contributed by atoms with Crippen LogP contribution in [0.4, 0.5) is 0 Å². The van der Waals surface area contributed by atoms with Crippen LogP contribution in [0.15, 0.2) is 34.8 Å². The molecule has 19 heavy (non-hydrogen) atoms. The van der Waals surface area contributed by atoms with Crippen LogP contribution in [0.5, 0.6) is 0 Å². The quantitative estimate of drug-likeness (QED) is 0.846. The van der Waals surface area contributed by atoms with Crippen LogP contribution in [0.2, 0.25) is 0 Å². The first-order chi connectivity index (χ1) is 9.20. The summed E-state index contributed by atoms with van der Waals surface area (Å²) in [6, 6.07) is 8.11. The number of rotatable bonds is 5. The molecule has 0 unspecified atom stereocenters. The van der Waals surface area contributed by atoms with Crippen LogP contribution < -0.4 is 0 Å². The predicted octanol–water partition coefficient (Wildman–Crippen LogP) is 2.84. The SMILES string of the molecule is O=C(/C=C/c1cccc(Br)c1)N(CCO)C1CCC1. The number of hydrogen-bond donors (Lipinski definition) is 1. The van der Waals surface area contributed by atoms with Gasteiger partial charge in [-0.15, -0.1) is 0 Å². The summed E-state index contributed by atoms with van der Waals surface area (Å²) in [5.74, 6) is -0.0151. The van der Waals surface area contributed by atoms with E-state index in [1.54, 1.807) is 11.0 Å². The van der Waals surface area contributed by atoms with Crippen LogP contribution in [0.3, 0.4) is 0 Å². The Morgan fingerprint density at radius 3 is 2.84 bits per heavy atom. The second-order valence-corrected chi connectivity index (χ2v) is 5.64. The lowest BCUT2D eigenvalue weighted by Gasteiger charge is -2.36. The number of amides is 1. The number of hydrogen-bond acceptors (Lipinski definition) is 2. The van der Waals surface area contributed by atoms with Gasteiger partial charge in [0.25, 0.3) is 0 Å². The van der Waals surface area contributed by atoms with Gasteiger partial charge in [-0.3, -0.25) is 4.79 Å². The van der Waals surface area contributed by atoms with Crippen LogP contribution in [0.25, 0.3) is 6.08 Å². The molecular weight excluding hydrogens is 306 g/mol.